The largest absolute Gasteiger partial charge is 0.350 e. The molecule has 88 valence electrons. The van der Waals surface area contributed by atoms with E-state index in [4.69, 9.17) is 23.2 Å². The quantitative estimate of drug-likeness (QED) is 0.656. The zero-order valence-corrected chi connectivity index (χ0v) is 10.8. The van der Waals surface area contributed by atoms with E-state index in [-0.39, 0.29) is 5.91 Å². The van der Waals surface area contributed by atoms with Crippen molar-refractivity contribution in [1.29, 1.82) is 0 Å². The van der Waals surface area contributed by atoms with Crippen molar-refractivity contribution >= 4 is 29.1 Å². The maximum atomic E-state index is 11.7. The first-order chi connectivity index (χ1) is 7.57. The molecule has 0 bridgehead atoms. The van der Waals surface area contributed by atoms with Gasteiger partial charge in [0.25, 0.3) is 5.91 Å². The number of nitrogens with zero attached hydrogens (tertiary/aromatic N) is 1. The second-order valence-corrected chi connectivity index (χ2v) is 4.11. The number of allylic oxidation sites excluding steroid dienone is 1. The van der Waals surface area contributed by atoms with Gasteiger partial charge in [-0.2, -0.15) is 0 Å². The monoisotopic (exact) mass is 260 g/mol. The Hall–Kier alpha value is -0.930. The van der Waals surface area contributed by atoms with Gasteiger partial charge in [0.05, 0.1) is 5.02 Å². The third kappa shape index (κ3) is 3.03. The van der Waals surface area contributed by atoms with Gasteiger partial charge in [-0.05, 0) is 19.4 Å². The molecule has 1 heterocycles. The molecular weight excluding hydrogens is 247 g/mol. The Balaban J connectivity index is 2.63. The predicted octanol–water partition coefficient (Wildman–Crippen LogP) is 3.03. The zero-order chi connectivity index (χ0) is 12.1. The SMILES string of the molecule is C/C=C/CCNC(=O)c1cc(Cl)c(Cl)n1C. The number of carbonyl (C=O) groups is 1. The van der Waals surface area contributed by atoms with Gasteiger partial charge in [-0.15, -0.1) is 0 Å². The van der Waals surface area contributed by atoms with Gasteiger partial charge in [-0.3, -0.25) is 4.79 Å². The van der Waals surface area contributed by atoms with E-state index in [9.17, 15) is 4.79 Å². The summed E-state index contributed by atoms with van der Waals surface area (Å²) in [5, 5.41) is 3.55. The summed E-state index contributed by atoms with van der Waals surface area (Å²) < 4.78 is 1.56. The van der Waals surface area contributed by atoms with Crippen molar-refractivity contribution in [2.24, 2.45) is 7.05 Å². The number of rotatable bonds is 4. The van der Waals surface area contributed by atoms with Crippen molar-refractivity contribution in [3.63, 3.8) is 0 Å². The molecule has 1 rings (SSSR count). The molecule has 0 aromatic carbocycles. The van der Waals surface area contributed by atoms with Gasteiger partial charge in [0, 0.05) is 13.6 Å². The van der Waals surface area contributed by atoms with E-state index in [2.05, 4.69) is 5.32 Å². The summed E-state index contributed by atoms with van der Waals surface area (Å²) in [5.41, 5.74) is 0.468. The van der Waals surface area contributed by atoms with Crippen molar-refractivity contribution in [1.82, 2.24) is 9.88 Å². The van der Waals surface area contributed by atoms with E-state index in [1.165, 1.54) is 0 Å². The maximum absolute atomic E-state index is 11.7. The molecule has 1 N–H and O–H groups in total. The van der Waals surface area contributed by atoms with Crippen LogP contribution in [0, 0.1) is 0 Å². The lowest BCUT2D eigenvalue weighted by Gasteiger charge is -2.04. The molecule has 0 aliphatic heterocycles. The first-order valence-electron chi connectivity index (χ1n) is 4.98. The van der Waals surface area contributed by atoms with Crippen LogP contribution in [0.3, 0.4) is 0 Å². The summed E-state index contributed by atoms with van der Waals surface area (Å²) in [6.07, 6.45) is 4.75. The van der Waals surface area contributed by atoms with E-state index in [1.807, 2.05) is 19.1 Å². The van der Waals surface area contributed by atoms with Crippen LogP contribution in [0.25, 0.3) is 0 Å². The zero-order valence-electron chi connectivity index (χ0n) is 9.26. The summed E-state index contributed by atoms with van der Waals surface area (Å²) in [5.74, 6) is -0.166. The summed E-state index contributed by atoms with van der Waals surface area (Å²) in [7, 11) is 1.70. The molecule has 1 aromatic heterocycles. The molecule has 1 amide bonds. The highest BCUT2D eigenvalue weighted by Gasteiger charge is 2.14. The Labute approximate surface area is 105 Å². The number of nitrogens with one attached hydrogen (secondary N) is 1. The van der Waals surface area contributed by atoms with Gasteiger partial charge in [0.15, 0.2) is 0 Å². The molecule has 0 saturated heterocycles. The maximum Gasteiger partial charge on any atom is 0.268 e. The van der Waals surface area contributed by atoms with Crippen molar-refractivity contribution in [2.75, 3.05) is 6.54 Å². The van der Waals surface area contributed by atoms with Crippen LogP contribution in [0.5, 0.6) is 0 Å². The molecule has 0 spiro atoms. The molecule has 0 atom stereocenters. The second kappa shape index (κ2) is 5.97. The Bertz CT molecular complexity index is 410. The van der Waals surface area contributed by atoms with Crippen LogP contribution in [0.2, 0.25) is 10.2 Å². The number of amides is 1. The number of hydrogen-bond donors (Lipinski definition) is 1. The third-order valence-electron chi connectivity index (χ3n) is 2.18. The second-order valence-electron chi connectivity index (χ2n) is 3.34. The van der Waals surface area contributed by atoms with E-state index in [0.29, 0.717) is 22.4 Å². The van der Waals surface area contributed by atoms with Crippen molar-refractivity contribution < 1.29 is 4.79 Å². The fourth-order valence-corrected chi connectivity index (χ4v) is 1.66. The molecule has 0 saturated carbocycles. The van der Waals surface area contributed by atoms with Gasteiger partial charge in [0.1, 0.15) is 10.8 Å². The number of aromatic nitrogens is 1. The lowest BCUT2D eigenvalue weighted by atomic mass is 10.3. The average molecular weight is 261 g/mol. The molecule has 0 radical (unpaired) electrons. The Morgan fingerprint density at radius 3 is 2.75 bits per heavy atom. The lowest BCUT2D eigenvalue weighted by molar-refractivity contribution is 0.0946. The molecule has 0 aliphatic rings. The minimum atomic E-state index is -0.166. The van der Waals surface area contributed by atoms with Gasteiger partial charge < -0.3 is 9.88 Å². The smallest absolute Gasteiger partial charge is 0.268 e. The van der Waals surface area contributed by atoms with E-state index in [1.54, 1.807) is 17.7 Å². The highest BCUT2D eigenvalue weighted by molar-refractivity contribution is 6.41. The number of carbonyl (C=O) groups excluding carboxylic acids is 1. The predicted molar refractivity (Wildman–Crippen MR) is 67.2 cm³/mol. The summed E-state index contributed by atoms with van der Waals surface area (Å²) in [6.45, 7) is 2.54. The number of hydrogen-bond acceptors (Lipinski definition) is 1. The first-order valence-corrected chi connectivity index (χ1v) is 5.73. The average Bonchev–Trinajstić information content (AvgIpc) is 2.52. The van der Waals surface area contributed by atoms with Crippen molar-refractivity contribution in [3.05, 3.63) is 34.1 Å². The molecular formula is C11H14Cl2N2O. The van der Waals surface area contributed by atoms with Crippen LogP contribution in [0.1, 0.15) is 23.8 Å². The minimum absolute atomic E-state index is 0.166. The number of halogens is 2. The normalized spacial score (nSPS) is 11.0. The first kappa shape index (κ1) is 13.1. The summed E-state index contributed by atoms with van der Waals surface area (Å²) >= 11 is 11.7. The van der Waals surface area contributed by atoms with E-state index in [0.717, 1.165) is 6.42 Å². The van der Waals surface area contributed by atoms with E-state index < -0.39 is 0 Å². The van der Waals surface area contributed by atoms with Crippen LogP contribution in [-0.2, 0) is 7.05 Å². The molecule has 16 heavy (non-hydrogen) atoms. The van der Waals surface area contributed by atoms with Gasteiger partial charge in [-0.25, -0.2) is 0 Å². The van der Waals surface area contributed by atoms with Crippen molar-refractivity contribution in [3.8, 4) is 0 Å². The lowest BCUT2D eigenvalue weighted by Crippen LogP contribution is -2.26. The van der Waals surface area contributed by atoms with Crippen LogP contribution in [-0.4, -0.2) is 17.0 Å². The van der Waals surface area contributed by atoms with Gasteiger partial charge >= 0.3 is 0 Å². The Morgan fingerprint density at radius 1 is 1.56 bits per heavy atom. The molecule has 0 fully saturated rings. The molecule has 5 heteroatoms. The summed E-state index contributed by atoms with van der Waals surface area (Å²) in [6, 6.07) is 1.56. The molecule has 1 aromatic rings. The summed E-state index contributed by atoms with van der Waals surface area (Å²) in [4.78, 5) is 11.7. The van der Waals surface area contributed by atoms with Gasteiger partial charge in [0.2, 0.25) is 0 Å². The molecule has 0 unspecified atom stereocenters. The van der Waals surface area contributed by atoms with Crippen LogP contribution in [0.4, 0.5) is 0 Å². The third-order valence-corrected chi connectivity index (χ3v) is 3.02. The fraction of sp³-hybridized carbons (Fsp3) is 0.364. The highest BCUT2D eigenvalue weighted by Crippen LogP contribution is 2.24. The van der Waals surface area contributed by atoms with Crippen LogP contribution < -0.4 is 5.32 Å². The van der Waals surface area contributed by atoms with Crippen LogP contribution >= 0.6 is 23.2 Å². The molecule has 3 nitrogen and oxygen atoms in total. The van der Waals surface area contributed by atoms with Crippen molar-refractivity contribution in [2.45, 2.75) is 13.3 Å². The highest BCUT2D eigenvalue weighted by atomic mass is 35.5. The molecule has 0 aliphatic carbocycles. The standard InChI is InChI=1S/C11H14Cl2N2O/c1-3-4-5-6-14-11(16)9-7-8(12)10(13)15(9)2/h3-4,7H,5-6H2,1-2H3,(H,14,16)/b4-3+. The van der Waals surface area contributed by atoms with Crippen LogP contribution in [0.15, 0.2) is 18.2 Å². The Kier molecular flexibility index (Phi) is 4.90. The topological polar surface area (TPSA) is 34.0 Å². The fourth-order valence-electron chi connectivity index (χ4n) is 1.29. The minimum Gasteiger partial charge on any atom is -0.350 e. The van der Waals surface area contributed by atoms with Gasteiger partial charge in [-0.1, -0.05) is 35.4 Å². The Morgan fingerprint density at radius 2 is 2.25 bits per heavy atom. The van der Waals surface area contributed by atoms with E-state index >= 15 is 0 Å².